The zero-order valence-electron chi connectivity index (χ0n) is 11.3. The molecular weight excluding hydrogens is 274 g/mol. The second-order valence-corrected chi connectivity index (χ2v) is 4.79. The van der Waals surface area contributed by atoms with Crippen LogP contribution in [0.25, 0.3) is 10.9 Å². The van der Waals surface area contributed by atoms with E-state index in [0.29, 0.717) is 30.0 Å². The van der Waals surface area contributed by atoms with Crippen LogP contribution >= 0.6 is 0 Å². The predicted molar refractivity (Wildman–Crippen MR) is 76.5 cm³/mol. The van der Waals surface area contributed by atoms with Gasteiger partial charge in [0.25, 0.3) is 5.69 Å². The number of ether oxygens (including phenoxy) is 2. The summed E-state index contributed by atoms with van der Waals surface area (Å²) in [6.45, 7) is 2.74. The number of hydrogen-bond acceptors (Lipinski definition) is 6. The SMILES string of the molecule is O=[N+]([O-])c1ccc2nc(OCC3CNCCO3)ccc2c1. The molecule has 1 unspecified atom stereocenters. The molecule has 0 amide bonds. The van der Waals surface area contributed by atoms with Gasteiger partial charge in [-0.3, -0.25) is 10.1 Å². The van der Waals surface area contributed by atoms with Gasteiger partial charge in [0.05, 0.1) is 17.0 Å². The third-order valence-corrected chi connectivity index (χ3v) is 3.28. The topological polar surface area (TPSA) is 86.5 Å². The second kappa shape index (κ2) is 6.02. The van der Waals surface area contributed by atoms with Crippen molar-refractivity contribution < 1.29 is 14.4 Å². The lowest BCUT2D eigenvalue weighted by molar-refractivity contribution is -0.384. The summed E-state index contributed by atoms with van der Waals surface area (Å²) in [4.78, 5) is 14.6. The summed E-state index contributed by atoms with van der Waals surface area (Å²) >= 11 is 0. The number of morpholine rings is 1. The second-order valence-electron chi connectivity index (χ2n) is 4.79. The van der Waals surface area contributed by atoms with Crippen LogP contribution in [0.15, 0.2) is 30.3 Å². The van der Waals surface area contributed by atoms with Crippen LogP contribution in [0.4, 0.5) is 5.69 Å². The first-order chi connectivity index (χ1) is 10.2. The number of aromatic nitrogens is 1. The molecular formula is C14H15N3O4. The number of fused-ring (bicyclic) bond motifs is 1. The van der Waals surface area contributed by atoms with E-state index in [1.807, 2.05) is 0 Å². The monoisotopic (exact) mass is 289 g/mol. The summed E-state index contributed by atoms with van der Waals surface area (Å²) < 4.78 is 11.2. The summed E-state index contributed by atoms with van der Waals surface area (Å²) in [7, 11) is 0. The molecule has 0 aliphatic carbocycles. The number of nitro groups is 1. The van der Waals surface area contributed by atoms with Crippen molar-refractivity contribution in [3.63, 3.8) is 0 Å². The smallest absolute Gasteiger partial charge is 0.270 e. The van der Waals surface area contributed by atoms with Gasteiger partial charge in [-0.1, -0.05) is 0 Å². The molecule has 21 heavy (non-hydrogen) atoms. The van der Waals surface area contributed by atoms with Crippen molar-refractivity contribution in [1.82, 2.24) is 10.3 Å². The Bertz CT molecular complexity index is 656. The molecule has 3 rings (SSSR count). The van der Waals surface area contributed by atoms with Crippen LogP contribution in [0.2, 0.25) is 0 Å². The molecule has 110 valence electrons. The van der Waals surface area contributed by atoms with Gasteiger partial charge >= 0.3 is 0 Å². The van der Waals surface area contributed by atoms with Crippen LogP contribution in [0, 0.1) is 10.1 Å². The molecule has 1 aliphatic rings. The number of nitrogens with one attached hydrogen (secondary N) is 1. The molecule has 0 bridgehead atoms. The van der Waals surface area contributed by atoms with Crippen molar-refractivity contribution in [3.05, 3.63) is 40.4 Å². The maximum Gasteiger partial charge on any atom is 0.270 e. The average molecular weight is 289 g/mol. The van der Waals surface area contributed by atoms with E-state index in [0.717, 1.165) is 13.1 Å². The Morgan fingerprint density at radius 2 is 2.33 bits per heavy atom. The summed E-state index contributed by atoms with van der Waals surface area (Å²) in [5, 5.41) is 14.7. The number of pyridine rings is 1. The molecule has 1 aromatic carbocycles. The molecule has 7 heteroatoms. The van der Waals surface area contributed by atoms with Crippen molar-refractivity contribution in [1.29, 1.82) is 0 Å². The average Bonchev–Trinajstić information content (AvgIpc) is 2.53. The molecule has 1 N–H and O–H groups in total. The van der Waals surface area contributed by atoms with Gasteiger partial charge in [0, 0.05) is 36.7 Å². The fourth-order valence-electron chi connectivity index (χ4n) is 2.19. The Morgan fingerprint density at radius 3 is 3.10 bits per heavy atom. The largest absolute Gasteiger partial charge is 0.475 e. The van der Waals surface area contributed by atoms with E-state index in [1.165, 1.54) is 12.1 Å². The molecule has 1 fully saturated rings. The van der Waals surface area contributed by atoms with Crippen molar-refractivity contribution in [2.24, 2.45) is 0 Å². The number of benzene rings is 1. The molecule has 2 heterocycles. The molecule has 0 spiro atoms. The first-order valence-electron chi connectivity index (χ1n) is 6.73. The van der Waals surface area contributed by atoms with Gasteiger partial charge in [0.1, 0.15) is 12.7 Å². The normalized spacial score (nSPS) is 18.6. The fraction of sp³-hybridized carbons (Fsp3) is 0.357. The van der Waals surface area contributed by atoms with Crippen molar-refractivity contribution >= 4 is 16.6 Å². The Morgan fingerprint density at radius 1 is 1.43 bits per heavy atom. The lowest BCUT2D eigenvalue weighted by Gasteiger charge is -2.23. The lowest BCUT2D eigenvalue weighted by atomic mass is 10.2. The van der Waals surface area contributed by atoms with Crippen molar-refractivity contribution in [2.75, 3.05) is 26.3 Å². The van der Waals surface area contributed by atoms with E-state index in [-0.39, 0.29) is 11.8 Å². The van der Waals surface area contributed by atoms with E-state index in [4.69, 9.17) is 9.47 Å². The number of non-ortho nitro benzene ring substituents is 1. The third-order valence-electron chi connectivity index (χ3n) is 3.28. The number of hydrogen-bond donors (Lipinski definition) is 1. The van der Waals surface area contributed by atoms with Crippen LogP contribution in [-0.2, 0) is 4.74 Å². The number of nitro benzene ring substituents is 1. The number of rotatable bonds is 4. The van der Waals surface area contributed by atoms with Crippen LogP contribution < -0.4 is 10.1 Å². The zero-order valence-corrected chi connectivity index (χ0v) is 11.3. The highest BCUT2D eigenvalue weighted by molar-refractivity contribution is 5.81. The van der Waals surface area contributed by atoms with Gasteiger partial charge in [-0.25, -0.2) is 4.98 Å². The minimum Gasteiger partial charge on any atom is -0.475 e. The Labute approximate surface area is 121 Å². The molecule has 7 nitrogen and oxygen atoms in total. The predicted octanol–water partition coefficient (Wildman–Crippen LogP) is 1.51. The summed E-state index contributed by atoms with van der Waals surface area (Å²) in [5.41, 5.74) is 0.723. The summed E-state index contributed by atoms with van der Waals surface area (Å²) in [6.07, 6.45) is 0.0214. The molecule has 0 radical (unpaired) electrons. The van der Waals surface area contributed by atoms with Crippen molar-refractivity contribution in [2.45, 2.75) is 6.10 Å². The first kappa shape index (κ1) is 13.7. The van der Waals surface area contributed by atoms with E-state index in [2.05, 4.69) is 10.3 Å². The van der Waals surface area contributed by atoms with Crippen LogP contribution in [0.5, 0.6) is 5.88 Å². The molecule has 1 atom stereocenters. The van der Waals surface area contributed by atoms with Crippen LogP contribution in [0.1, 0.15) is 0 Å². The van der Waals surface area contributed by atoms with Gasteiger partial charge in [0.2, 0.25) is 5.88 Å². The Kier molecular flexibility index (Phi) is 3.94. The van der Waals surface area contributed by atoms with Crippen LogP contribution in [-0.4, -0.2) is 42.3 Å². The number of nitrogens with zero attached hydrogens (tertiary/aromatic N) is 2. The molecule has 0 saturated carbocycles. The molecule has 1 saturated heterocycles. The standard InChI is InChI=1S/C14H15N3O4/c18-17(19)11-2-3-13-10(7-11)1-4-14(16-13)21-9-12-8-15-5-6-20-12/h1-4,7,12,15H,5-6,8-9H2. The van der Waals surface area contributed by atoms with Gasteiger partial charge < -0.3 is 14.8 Å². The van der Waals surface area contributed by atoms with Crippen molar-refractivity contribution in [3.8, 4) is 5.88 Å². The zero-order chi connectivity index (χ0) is 14.7. The molecule has 1 aliphatic heterocycles. The summed E-state index contributed by atoms with van der Waals surface area (Å²) in [5.74, 6) is 0.491. The highest BCUT2D eigenvalue weighted by Crippen LogP contribution is 2.22. The van der Waals surface area contributed by atoms with Gasteiger partial charge in [-0.05, 0) is 12.1 Å². The van der Waals surface area contributed by atoms with Gasteiger partial charge in [-0.2, -0.15) is 0 Å². The molecule has 1 aromatic heterocycles. The minimum absolute atomic E-state index is 0.0214. The van der Waals surface area contributed by atoms with E-state index in [9.17, 15) is 10.1 Å². The van der Waals surface area contributed by atoms with E-state index in [1.54, 1.807) is 18.2 Å². The molecule has 2 aromatic rings. The maximum atomic E-state index is 10.7. The fourth-order valence-corrected chi connectivity index (χ4v) is 2.19. The third kappa shape index (κ3) is 3.26. The highest BCUT2D eigenvalue weighted by Gasteiger charge is 2.14. The quantitative estimate of drug-likeness (QED) is 0.678. The van der Waals surface area contributed by atoms with E-state index < -0.39 is 4.92 Å². The maximum absolute atomic E-state index is 10.7. The highest BCUT2D eigenvalue weighted by atomic mass is 16.6. The van der Waals surface area contributed by atoms with Crippen LogP contribution in [0.3, 0.4) is 0 Å². The Balaban J connectivity index is 1.71. The Hall–Kier alpha value is -2.25. The minimum atomic E-state index is -0.419. The lowest BCUT2D eigenvalue weighted by Crippen LogP contribution is -2.41. The van der Waals surface area contributed by atoms with Gasteiger partial charge in [0.15, 0.2) is 0 Å². The van der Waals surface area contributed by atoms with Gasteiger partial charge in [-0.15, -0.1) is 0 Å². The van der Waals surface area contributed by atoms with E-state index >= 15 is 0 Å². The first-order valence-corrected chi connectivity index (χ1v) is 6.73. The summed E-state index contributed by atoms with van der Waals surface area (Å²) in [6, 6.07) is 8.04.